The Balaban J connectivity index is 2.07. The number of nitrogens with zero attached hydrogens (tertiary/aromatic N) is 3. The van der Waals surface area contributed by atoms with Gasteiger partial charge in [-0.1, -0.05) is 32.0 Å². The third-order valence-electron chi connectivity index (χ3n) is 4.20. The van der Waals surface area contributed by atoms with Crippen LogP contribution >= 0.6 is 0 Å². The fraction of sp³-hybridized carbons (Fsp3) is 0.333. The average Bonchev–Trinajstić information content (AvgIpc) is 3.28. The number of amides is 1. The van der Waals surface area contributed by atoms with Crippen LogP contribution < -0.4 is 0 Å². The van der Waals surface area contributed by atoms with E-state index >= 15 is 0 Å². The molecule has 0 N–H and O–H groups in total. The first-order chi connectivity index (χ1) is 12.6. The molecule has 0 radical (unpaired) electrons. The number of carbonyl (C=O) groups is 1. The molecular formula is C21H25N3O2. The van der Waals surface area contributed by atoms with Gasteiger partial charge in [-0.3, -0.25) is 4.79 Å². The van der Waals surface area contributed by atoms with Gasteiger partial charge in [0.1, 0.15) is 17.1 Å². The van der Waals surface area contributed by atoms with Crippen LogP contribution in [-0.4, -0.2) is 33.7 Å². The topological polar surface area (TPSA) is 51.3 Å². The SMILES string of the molecule is CCCN(CCC)C(=O)c1cc(-c2ccc(C)o2)nn1-c1ccccc1. The maximum Gasteiger partial charge on any atom is 0.272 e. The van der Waals surface area contributed by atoms with Crippen molar-refractivity contribution in [1.29, 1.82) is 0 Å². The summed E-state index contributed by atoms with van der Waals surface area (Å²) in [5.74, 6) is 1.49. The minimum atomic E-state index is -0.000388. The molecule has 136 valence electrons. The molecule has 5 nitrogen and oxygen atoms in total. The number of aromatic nitrogens is 2. The molecule has 0 aliphatic heterocycles. The normalized spacial score (nSPS) is 10.9. The third kappa shape index (κ3) is 3.72. The summed E-state index contributed by atoms with van der Waals surface area (Å²) < 4.78 is 7.42. The second-order valence-electron chi connectivity index (χ2n) is 6.36. The van der Waals surface area contributed by atoms with Crippen molar-refractivity contribution >= 4 is 5.91 Å². The highest BCUT2D eigenvalue weighted by Crippen LogP contribution is 2.24. The summed E-state index contributed by atoms with van der Waals surface area (Å²) in [6.45, 7) is 7.54. The summed E-state index contributed by atoms with van der Waals surface area (Å²) in [6.07, 6.45) is 1.85. The van der Waals surface area contributed by atoms with Crippen LogP contribution in [0.3, 0.4) is 0 Å². The highest BCUT2D eigenvalue weighted by atomic mass is 16.3. The van der Waals surface area contributed by atoms with Crippen LogP contribution in [0, 0.1) is 6.92 Å². The molecule has 1 amide bonds. The molecule has 0 bridgehead atoms. The van der Waals surface area contributed by atoms with Crippen molar-refractivity contribution < 1.29 is 9.21 Å². The van der Waals surface area contributed by atoms with E-state index < -0.39 is 0 Å². The Hall–Kier alpha value is -2.82. The Labute approximate surface area is 154 Å². The van der Waals surface area contributed by atoms with Gasteiger partial charge in [0.05, 0.1) is 5.69 Å². The van der Waals surface area contributed by atoms with Crippen molar-refractivity contribution in [2.24, 2.45) is 0 Å². The lowest BCUT2D eigenvalue weighted by molar-refractivity contribution is 0.0746. The second kappa shape index (κ2) is 8.04. The number of carbonyl (C=O) groups excluding carboxylic acids is 1. The predicted octanol–water partition coefficient (Wildman–Crippen LogP) is 4.70. The van der Waals surface area contributed by atoms with Gasteiger partial charge in [-0.15, -0.1) is 0 Å². The molecule has 2 heterocycles. The van der Waals surface area contributed by atoms with Crippen molar-refractivity contribution in [2.45, 2.75) is 33.6 Å². The summed E-state index contributed by atoms with van der Waals surface area (Å²) in [4.78, 5) is 15.1. The van der Waals surface area contributed by atoms with Gasteiger partial charge in [0.2, 0.25) is 0 Å². The van der Waals surface area contributed by atoms with Crippen molar-refractivity contribution in [3.05, 3.63) is 60.0 Å². The maximum atomic E-state index is 13.2. The highest BCUT2D eigenvalue weighted by molar-refractivity contribution is 5.94. The van der Waals surface area contributed by atoms with Gasteiger partial charge in [0.25, 0.3) is 5.91 Å². The maximum absolute atomic E-state index is 13.2. The number of benzene rings is 1. The fourth-order valence-electron chi connectivity index (χ4n) is 3.01. The molecule has 0 unspecified atom stereocenters. The first-order valence-electron chi connectivity index (χ1n) is 9.15. The molecule has 1 aromatic carbocycles. The highest BCUT2D eigenvalue weighted by Gasteiger charge is 2.23. The Morgan fingerprint density at radius 1 is 1.08 bits per heavy atom. The zero-order valence-corrected chi connectivity index (χ0v) is 15.6. The molecule has 0 aliphatic rings. The molecule has 0 saturated carbocycles. The number of rotatable bonds is 7. The van der Waals surface area contributed by atoms with Gasteiger partial charge < -0.3 is 9.32 Å². The zero-order valence-electron chi connectivity index (χ0n) is 15.6. The van der Waals surface area contributed by atoms with Gasteiger partial charge in [-0.2, -0.15) is 5.10 Å². The summed E-state index contributed by atoms with van der Waals surface area (Å²) >= 11 is 0. The van der Waals surface area contributed by atoms with Crippen LogP contribution in [0.5, 0.6) is 0 Å². The first kappa shape index (κ1) is 18.0. The lowest BCUT2D eigenvalue weighted by atomic mass is 10.2. The monoisotopic (exact) mass is 351 g/mol. The van der Waals surface area contributed by atoms with Crippen LogP contribution in [0.1, 0.15) is 42.9 Å². The van der Waals surface area contributed by atoms with Crippen LogP contribution in [0.2, 0.25) is 0 Å². The largest absolute Gasteiger partial charge is 0.460 e. The third-order valence-corrected chi connectivity index (χ3v) is 4.20. The molecule has 5 heteroatoms. The molecule has 26 heavy (non-hydrogen) atoms. The molecule has 2 aromatic heterocycles. The Kier molecular flexibility index (Phi) is 5.56. The summed E-state index contributed by atoms with van der Waals surface area (Å²) in [5, 5.41) is 4.66. The van der Waals surface area contributed by atoms with Gasteiger partial charge in [0, 0.05) is 19.2 Å². The van der Waals surface area contributed by atoms with Gasteiger partial charge in [0.15, 0.2) is 5.76 Å². The minimum Gasteiger partial charge on any atom is -0.460 e. The Bertz CT molecular complexity index is 859. The Morgan fingerprint density at radius 2 is 1.77 bits per heavy atom. The van der Waals surface area contributed by atoms with Crippen molar-refractivity contribution in [3.8, 4) is 17.1 Å². The van der Waals surface area contributed by atoms with E-state index in [9.17, 15) is 4.79 Å². The number of hydrogen-bond donors (Lipinski definition) is 0. The molecular weight excluding hydrogens is 326 g/mol. The average molecular weight is 351 g/mol. The number of aryl methyl sites for hydroxylation is 1. The first-order valence-corrected chi connectivity index (χ1v) is 9.15. The quantitative estimate of drug-likeness (QED) is 0.620. The lowest BCUT2D eigenvalue weighted by Gasteiger charge is -2.21. The number of hydrogen-bond acceptors (Lipinski definition) is 3. The van der Waals surface area contributed by atoms with E-state index in [1.807, 2.05) is 60.4 Å². The summed E-state index contributed by atoms with van der Waals surface area (Å²) in [5.41, 5.74) is 2.08. The molecule has 0 atom stereocenters. The standard InChI is InChI=1S/C21H25N3O2/c1-4-13-23(14-5-2)21(25)19-15-18(20-12-11-16(3)26-20)22-24(19)17-9-7-6-8-10-17/h6-12,15H,4-5,13-14H2,1-3H3. The van der Waals surface area contributed by atoms with E-state index in [0.29, 0.717) is 17.1 Å². The molecule has 3 aromatic rings. The van der Waals surface area contributed by atoms with Crippen molar-refractivity contribution in [1.82, 2.24) is 14.7 Å². The van der Waals surface area contributed by atoms with E-state index in [-0.39, 0.29) is 5.91 Å². The fourth-order valence-corrected chi connectivity index (χ4v) is 3.01. The molecule has 0 aliphatic carbocycles. The van der Waals surface area contributed by atoms with E-state index in [1.165, 1.54) is 0 Å². The number of para-hydroxylation sites is 1. The number of furan rings is 1. The van der Waals surface area contributed by atoms with Crippen molar-refractivity contribution in [2.75, 3.05) is 13.1 Å². The molecule has 3 rings (SSSR count). The van der Waals surface area contributed by atoms with E-state index in [0.717, 1.165) is 37.4 Å². The van der Waals surface area contributed by atoms with Crippen LogP contribution in [-0.2, 0) is 0 Å². The van der Waals surface area contributed by atoms with E-state index in [4.69, 9.17) is 4.42 Å². The summed E-state index contributed by atoms with van der Waals surface area (Å²) in [7, 11) is 0. The minimum absolute atomic E-state index is 0.000388. The van der Waals surface area contributed by atoms with Crippen molar-refractivity contribution in [3.63, 3.8) is 0 Å². The van der Waals surface area contributed by atoms with Crippen LogP contribution in [0.4, 0.5) is 0 Å². The van der Waals surface area contributed by atoms with E-state index in [2.05, 4.69) is 18.9 Å². The Morgan fingerprint density at radius 3 is 2.35 bits per heavy atom. The van der Waals surface area contributed by atoms with E-state index in [1.54, 1.807) is 4.68 Å². The smallest absolute Gasteiger partial charge is 0.272 e. The van der Waals surface area contributed by atoms with Gasteiger partial charge in [-0.05, 0) is 44.0 Å². The second-order valence-corrected chi connectivity index (χ2v) is 6.36. The predicted molar refractivity (Wildman–Crippen MR) is 102 cm³/mol. The lowest BCUT2D eigenvalue weighted by Crippen LogP contribution is -2.33. The van der Waals surface area contributed by atoms with Gasteiger partial charge in [-0.25, -0.2) is 4.68 Å². The molecule has 0 fully saturated rings. The van der Waals surface area contributed by atoms with Crippen LogP contribution in [0.25, 0.3) is 17.1 Å². The molecule has 0 saturated heterocycles. The van der Waals surface area contributed by atoms with Gasteiger partial charge >= 0.3 is 0 Å². The van der Waals surface area contributed by atoms with Crippen LogP contribution in [0.15, 0.2) is 52.9 Å². The zero-order chi connectivity index (χ0) is 18.5. The molecule has 0 spiro atoms. The summed E-state index contributed by atoms with van der Waals surface area (Å²) in [6, 6.07) is 15.3.